The van der Waals surface area contributed by atoms with Crippen LogP contribution in [0, 0.1) is 0 Å². The van der Waals surface area contributed by atoms with E-state index in [2.05, 4.69) is 10.4 Å². The zero-order valence-corrected chi connectivity index (χ0v) is 12.2. The number of carbonyl (C=O) groups is 2. The van der Waals surface area contributed by atoms with Crippen LogP contribution in [0.15, 0.2) is 12.4 Å². The van der Waals surface area contributed by atoms with Gasteiger partial charge < -0.3 is 20.1 Å². The number of nitrogens with zero attached hydrogens (tertiary/aromatic N) is 3. The van der Waals surface area contributed by atoms with Gasteiger partial charge in [0.05, 0.1) is 25.5 Å². The summed E-state index contributed by atoms with van der Waals surface area (Å²) < 4.78 is 6.84. The summed E-state index contributed by atoms with van der Waals surface area (Å²) in [6.45, 7) is 3.38. The second-order valence-electron chi connectivity index (χ2n) is 5.00. The highest BCUT2D eigenvalue weighted by atomic mass is 16.5. The molecule has 2 amide bonds. The molecule has 0 radical (unpaired) electrons. The largest absolute Gasteiger partial charge is 0.479 e. The van der Waals surface area contributed by atoms with Gasteiger partial charge in [-0.05, 0) is 6.42 Å². The van der Waals surface area contributed by atoms with Crippen LogP contribution in [0.1, 0.15) is 24.9 Å². The number of carboxylic acids is 1. The average Bonchev–Trinajstić information content (AvgIpc) is 2.90. The molecule has 0 aromatic carbocycles. The smallest absolute Gasteiger partial charge is 0.331 e. The number of hydrogen-bond acceptors (Lipinski definition) is 4. The summed E-state index contributed by atoms with van der Waals surface area (Å²) in [6, 6.07) is -1.52. The van der Waals surface area contributed by atoms with Crippen molar-refractivity contribution in [2.75, 3.05) is 19.8 Å². The number of carbonyl (C=O) groups excluding carboxylic acids is 1. The van der Waals surface area contributed by atoms with Crippen LogP contribution in [0.5, 0.6) is 0 Å². The molecular weight excluding hydrogens is 276 g/mol. The van der Waals surface area contributed by atoms with Crippen LogP contribution in [-0.4, -0.2) is 57.6 Å². The van der Waals surface area contributed by atoms with E-state index in [0.717, 1.165) is 6.42 Å². The molecule has 116 valence electrons. The van der Waals surface area contributed by atoms with Crippen LogP contribution in [0.25, 0.3) is 0 Å². The molecule has 2 unspecified atom stereocenters. The predicted molar refractivity (Wildman–Crippen MR) is 73.7 cm³/mol. The summed E-state index contributed by atoms with van der Waals surface area (Å²) in [7, 11) is 1.69. The molecule has 8 nitrogen and oxygen atoms in total. The predicted octanol–water partition coefficient (Wildman–Crippen LogP) is 0.366. The van der Waals surface area contributed by atoms with Crippen molar-refractivity contribution in [3.05, 3.63) is 18.0 Å². The third-order valence-corrected chi connectivity index (χ3v) is 3.53. The molecule has 8 heteroatoms. The number of urea groups is 1. The van der Waals surface area contributed by atoms with Crippen LogP contribution in [0.2, 0.25) is 0 Å². The second-order valence-corrected chi connectivity index (χ2v) is 5.00. The first-order valence-corrected chi connectivity index (χ1v) is 6.89. The van der Waals surface area contributed by atoms with Crippen molar-refractivity contribution in [2.45, 2.75) is 25.4 Å². The first kappa shape index (κ1) is 15.3. The van der Waals surface area contributed by atoms with Gasteiger partial charge in [0.15, 0.2) is 6.04 Å². The number of nitrogens with one attached hydrogen (secondary N) is 1. The summed E-state index contributed by atoms with van der Waals surface area (Å²) in [4.78, 5) is 25.3. The third kappa shape index (κ3) is 3.52. The van der Waals surface area contributed by atoms with Crippen molar-refractivity contribution >= 4 is 12.0 Å². The molecular formula is C13H20N4O4. The quantitative estimate of drug-likeness (QED) is 0.836. The van der Waals surface area contributed by atoms with Crippen molar-refractivity contribution < 1.29 is 19.4 Å². The van der Waals surface area contributed by atoms with E-state index in [1.807, 2.05) is 6.92 Å². The van der Waals surface area contributed by atoms with Crippen molar-refractivity contribution in [1.82, 2.24) is 20.0 Å². The van der Waals surface area contributed by atoms with Gasteiger partial charge in [0, 0.05) is 25.4 Å². The lowest BCUT2D eigenvalue weighted by molar-refractivity contribution is -0.139. The number of ether oxygens (including phenoxy) is 1. The lowest BCUT2D eigenvalue weighted by Crippen LogP contribution is -2.53. The summed E-state index contributed by atoms with van der Waals surface area (Å²) in [5, 5.41) is 15.8. The van der Waals surface area contributed by atoms with E-state index < -0.39 is 12.0 Å². The Kier molecular flexibility index (Phi) is 4.79. The highest BCUT2D eigenvalue weighted by molar-refractivity contribution is 5.83. The Labute approximate surface area is 122 Å². The third-order valence-electron chi connectivity index (χ3n) is 3.53. The van der Waals surface area contributed by atoms with Crippen molar-refractivity contribution in [3.8, 4) is 0 Å². The van der Waals surface area contributed by atoms with Gasteiger partial charge in [-0.3, -0.25) is 4.68 Å². The summed E-state index contributed by atoms with van der Waals surface area (Å²) in [5.41, 5.74) is 0.444. The Morgan fingerprint density at radius 2 is 2.38 bits per heavy atom. The molecule has 0 saturated carbocycles. The van der Waals surface area contributed by atoms with E-state index in [0.29, 0.717) is 25.3 Å². The summed E-state index contributed by atoms with van der Waals surface area (Å²) >= 11 is 0. The van der Waals surface area contributed by atoms with Crippen LogP contribution in [0.4, 0.5) is 4.79 Å². The maximum Gasteiger partial charge on any atom is 0.331 e. The van der Waals surface area contributed by atoms with Crippen LogP contribution in [0.3, 0.4) is 0 Å². The normalized spacial score (nSPS) is 20.1. The Morgan fingerprint density at radius 3 is 2.95 bits per heavy atom. The van der Waals surface area contributed by atoms with Crippen LogP contribution < -0.4 is 5.32 Å². The lowest BCUT2D eigenvalue weighted by Gasteiger charge is -2.35. The van der Waals surface area contributed by atoms with E-state index >= 15 is 0 Å². The van der Waals surface area contributed by atoms with E-state index in [1.165, 1.54) is 10.9 Å². The molecule has 2 heterocycles. The molecule has 0 spiro atoms. The van der Waals surface area contributed by atoms with E-state index in [9.17, 15) is 14.7 Å². The molecule has 1 aliphatic rings. The molecule has 1 aliphatic heterocycles. The Hall–Kier alpha value is -2.09. The number of amides is 2. The number of aryl methyl sites for hydroxylation is 1. The minimum atomic E-state index is -1.11. The number of aromatic nitrogens is 2. The Bertz CT molecular complexity index is 516. The lowest BCUT2D eigenvalue weighted by atomic mass is 10.1. The maximum atomic E-state index is 12.3. The van der Waals surface area contributed by atoms with Gasteiger partial charge in [0.2, 0.25) is 0 Å². The van der Waals surface area contributed by atoms with Gasteiger partial charge in [-0.2, -0.15) is 5.10 Å². The zero-order chi connectivity index (χ0) is 15.4. The van der Waals surface area contributed by atoms with Gasteiger partial charge in [-0.1, -0.05) is 6.92 Å². The van der Waals surface area contributed by atoms with Gasteiger partial charge in [-0.25, -0.2) is 9.59 Å². The maximum absolute atomic E-state index is 12.3. The second kappa shape index (κ2) is 6.57. The number of aliphatic carboxylic acids is 1. The number of carboxylic acid groups (broad SMARTS) is 1. The van der Waals surface area contributed by atoms with Crippen molar-refractivity contribution in [3.63, 3.8) is 0 Å². The minimum Gasteiger partial charge on any atom is -0.479 e. The topological polar surface area (TPSA) is 96.7 Å². The number of hydrogen-bond donors (Lipinski definition) is 2. The number of morpholine rings is 1. The van der Waals surface area contributed by atoms with Gasteiger partial charge >= 0.3 is 12.0 Å². The molecule has 21 heavy (non-hydrogen) atoms. The molecule has 2 rings (SSSR count). The minimum absolute atomic E-state index is 0.0258. The summed E-state index contributed by atoms with van der Waals surface area (Å²) in [5.74, 6) is -1.11. The fourth-order valence-electron chi connectivity index (χ4n) is 2.34. The van der Waals surface area contributed by atoms with Crippen molar-refractivity contribution in [2.24, 2.45) is 7.05 Å². The van der Waals surface area contributed by atoms with Crippen molar-refractivity contribution in [1.29, 1.82) is 0 Å². The molecule has 0 aliphatic carbocycles. The number of rotatable bonds is 4. The highest BCUT2D eigenvalue weighted by Gasteiger charge is 2.30. The van der Waals surface area contributed by atoms with Crippen LogP contribution >= 0.6 is 0 Å². The first-order valence-electron chi connectivity index (χ1n) is 6.89. The Morgan fingerprint density at radius 1 is 1.62 bits per heavy atom. The zero-order valence-electron chi connectivity index (χ0n) is 12.2. The van der Waals surface area contributed by atoms with E-state index in [1.54, 1.807) is 18.1 Å². The van der Waals surface area contributed by atoms with Gasteiger partial charge in [-0.15, -0.1) is 0 Å². The fourth-order valence-corrected chi connectivity index (χ4v) is 2.34. The molecule has 1 fully saturated rings. The SMILES string of the molecule is CCC1COCCN1C(=O)NC(C(=O)O)c1cnn(C)c1. The first-order chi connectivity index (χ1) is 10.0. The highest BCUT2D eigenvalue weighted by Crippen LogP contribution is 2.15. The van der Waals surface area contributed by atoms with Crippen LogP contribution in [-0.2, 0) is 16.6 Å². The monoisotopic (exact) mass is 296 g/mol. The summed E-state index contributed by atoms with van der Waals surface area (Å²) in [6.07, 6.45) is 3.78. The van der Waals surface area contributed by atoms with Gasteiger partial charge in [0.1, 0.15) is 0 Å². The molecule has 1 saturated heterocycles. The van der Waals surface area contributed by atoms with Gasteiger partial charge in [0.25, 0.3) is 0 Å². The fraction of sp³-hybridized carbons (Fsp3) is 0.615. The molecule has 2 N–H and O–H groups in total. The standard InChI is InChI=1S/C13H20N4O4/c1-3-10-8-21-5-4-17(10)13(20)15-11(12(18)19)9-6-14-16(2)7-9/h6-7,10-11H,3-5,8H2,1-2H3,(H,15,20)(H,18,19). The molecule has 1 aromatic heterocycles. The average molecular weight is 296 g/mol. The molecule has 1 aromatic rings. The molecule has 0 bridgehead atoms. The van der Waals surface area contributed by atoms with E-state index in [-0.39, 0.29) is 12.1 Å². The molecule has 2 atom stereocenters. The van der Waals surface area contributed by atoms with E-state index in [4.69, 9.17) is 4.74 Å². The Balaban J connectivity index is 2.09.